The second kappa shape index (κ2) is 5.30. The van der Waals surface area contributed by atoms with E-state index in [1.165, 1.54) is 26.6 Å². The van der Waals surface area contributed by atoms with Gasteiger partial charge in [0, 0.05) is 18.3 Å². The molecule has 0 unspecified atom stereocenters. The van der Waals surface area contributed by atoms with E-state index in [-0.39, 0.29) is 5.91 Å². The van der Waals surface area contributed by atoms with Crippen LogP contribution in [-0.2, 0) is 0 Å². The molecule has 1 amide bonds. The van der Waals surface area contributed by atoms with Gasteiger partial charge in [0.25, 0.3) is 5.91 Å². The number of ether oxygens (including phenoxy) is 2. The number of nitrogens with one attached hydrogen (secondary N) is 2. The van der Waals surface area contributed by atoms with Gasteiger partial charge in [-0.1, -0.05) is 0 Å². The molecule has 0 saturated heterocycles. The summed E-state index contributed by atoms with van der Waals surface area (Å²) in [6.07, 6.45) is 2.92. The van der Waals surface area contributed by atoms with Crippen molar-refractivity contribution in [2.45, 2.75) is 0 Å². The van der Waals surface area contributed by atoms with Crippen LogP contribution in [0.5, 0.6) is 11.5 Å². The number of H-pyrrole nitrogens is 1. The van der Waals surface area contributed by atoms with Gasteiger partial charge in [0.05, 0.1) is 37.4 Å². The molecule has 0 atom stereocenters. The van der Waals surface area contributed by atoms with Crippen molar-refractivity contribution in [1.29, 1.82) is 0 Å². The zero-order chi connectivity index (χ0) is 13.8. The van der Waals surface area contributed by atoms with E-state index in [4.69, 9.17) is 15.2 Å². The van der Waals surface area contributed by atoms with Crippen LogP contribution < -0.4 is 20.5 Å². The number of nitrogens with zero attached hydrogens (tertiary/aromatic N) is 1. The van der Waals surface area contributed by atoms with Gasteiger partial charge < -0.3 is 20.5 Å². The highest BCUT2D eigenvalue weighted by atomic mass is 16.5. The van der Waals surface area contributed by atoms with E-state index in [2.05, 4.69) is 15.5 Å². The Balaban J connectivity index is 2.28. The number of rotatable bonds is 4. The van der Waals surface area contributed by atoms with Crippen LogP contribution in [0.2, 0.25) is 0 Å². The Kier molecular flexibility index (Phi) is 3.56. The molecule has 1 heterocycles. The van der Waals surface area contributed by atoms with E-state index in [0.717, 1.165) is 0 Å². The van der Waals surface area contributed by atoms with Crippen molar-refractivity contribution in [2.75, 3.05) is 25.3 Å². The van der Waals surface area contributed by atoms with Crippen molar-refractivity contribution in [1.82, 2.24) is 10.2 Å². The first-order valence-corrected chi connectivity index (χ1v) is 5.47. The summed E-state index contributed by atoms with van der Waals surface area (Å²) in [4.78, 5) is 11.9. The molecule has 0 aliphatic heterocycles. The molecule has 0 aliphatic rings. The van der Waals surface area contributed by atoms with Crippen molar-refractivity contribution >= 4 is 17.3 Å². The van der Waals surface area contributed by atoms with Crippen LogP contribution in [-0.4, -0.2) is 30.3 Å². The summed E-state index contributed by atoms with van der Waals surface area (Å²) in [6, 6.07) is 3.19. The number of hydrogen-bond donors (Lipinski definition) is 3. The van der Waals surface area contributed by atoms with Gasteiger partial charge >= 0.3 is 0 Å². The van der Waals surface area contributed by atoms with Crippen LogP contribution >= 0.6 is 0 Å². The van der Waals surface area contributed by atoms with E-state index < -0.39 is 0 Å². The molecule has 7 heteroatoms. The number of hydrogen-bond acceptors (Lipinski definition) is 5. The maximum absolute atomic E-state index is 11.9. The first-order valence-electron chi connectivity index (χ1n) is 5.47. The molecular formula is C12H14N4O3. The average Bonchev–Trinajstić information content (AvgIpc) is 2.94. The van der Waals surface area contributed by atoms with Gasteiger partial charge in [-0.3, -0.25) is 9.89 Å². The first-order chi connectivity index (χ1) is 9.15. The van der Waals surface area contributed by atoms with Crippen molar-refractivity contribution in [3.05, 3.63) is 30.1 Å². The van der Waals surface area contributed by atoms with Gasteiger partial charge in [0.2, 0.25) is 0 Å². The summed E-state index contributed by atoms with van der Waals surface area (Å²) >= 11 is 0. The van der Waals surface area contributed by atoms with Gasteiger partial charge in [-0.15, -0.1) is 0 Å². The molecular weight excluding hydrogens is 248 g/mol. The van der Waals surface area contributed by atoms with Crippen LogP contribution in [0.3, 0.4) is 0 Å². The number of carbonyl (C=O) groups excluding carboxylic acids is 1. The van der Waals surface area contributed by atoms with Gasteiger partial charge in [-0.2, -0.15) is 5.10 Å². The van der Waals surface area contributed by atoms with Crippen LogP contribution in [0.4, 0.5) is 11.4 Å². The maximum Gasteiger partial charge on any atom is 0.258 e. The van der Waals surface area contributed by atoms with Crippen LogP contribution in [0, 0.1) is 0 Å². The number of benzene rings is 1. The molecule has 1 aromatic heterocycles. The van der Waals surface area contributed by atoms with Crippen molar-refractivity contribution in [2.24, 2.45) is 0 Å². The third-order valence-electron chi connectivity index (χ3n) is 2.56. The topological polar surface area (TPSA) is 102 Å². The summed E-state index contributed by atoms with van der Waals surface area (Å²) < 4.78 is 10.3. The number of carbonyl (C=O) groups is 1. The minimum absolute atomic E-state index is 0.312. The Hall–Kier alpha value is -2.70. The fourth-order valence-electron chi connectivity index (χ4n) is 1.57. The number of nitrogen functional groups attached to an aromatic ring is 1. The number of amides is 1. The largest absolute Gasteiger partial charge is 0.493 e. The standard InChI is InChI=1S/C12H14N4O3/c1-18-10-3-8(13)9(4-11(10)19-2)16-12(17)7-5-14-15-6-7/h3-6H,13H2,1-2H3,(H,14,15)(H,16,17). The van der Waals surface area contributed by atoms with Crippen LogP contribution in [0.25, 0.3) is 0 Å². The lowest BCUT2D eigenvalue weighted by Crippen LogP contribution is -2.12. The predicted octanol–water partition coefficient (Wildman–Crippen LogP) is 1.26. The highest BCUT2D eigenvalue weighted by molar-refractivity contribution is 6.05. The molecule has 7 nitrogen and oxygen atoms in total. The van der Waals surface area contributed by atoms with E-state index >= 15 is 0 Å². The maximum atomic E-state index is 11.9. The van der Waals surface area contributed by atoms with Gasteiger partial charge in [-0.05, 0) is 0 Å². The first kappa shape index (κ1) is 12.7. The second-order valence-electron chi connectivity index (χ2n) is 3.74. The van der Waals surface area contributed by atoms with E-state index in [0.29, 0.717) is 28.4 Å². The minimum atomic E-state index is -0.312. The fourth-order valence-corrected chi connectivity index (χ4v) is 1.57. The van der Waals surface area contributed by atoms with Crippen LogP contribution in [0.15, 0.2) is 24.5 Å². The Labute approximate surface area is 109 Å². The molecule has 0 saturated carbocycles. The molecule has 0 spiro atoms. The van der Waals surface area contributed by atoms with Crippen molar-refractivity contribution in [3.63, 3.8) is 0 Å². The number of aromatic nitrogens is 2. The SMILES string of the molecule is COc1cc(N)c(NC(=O)c2cn[nH]c2)cc1OC. The Morgan fingerprint density at radius 3 is 2.58 bits per heavy atom. The van der Waals surface area contributed by atoms with E-state index in [1.54, 1.807) is 12.1 Å². The Morgan fingerprint density at radius 1 is 1.32 bits per heavy atom. The smallest absolute Gasteiger partial charge is 0.258 e. The Bertz CT molecular complexity index is 581. The third kappa shape index (κ3) is 2.59. The molecule has 4 N–H and O–H groups in total. The van der Waals surface area contributed by atoms with Gasteiger partial charge in [-0.25, -0.2) is 0 Å². The lowest BCUT2D eigenvalue weighted by molar-refractivity contribution is 0.102. The zero-order valence-corrected chi connectivity index (χ0v) is 10.6. The quantitative estimate of drug-likeness (QED) is 0.720. The number of anilines is 2. The normalized spacial score (nSPS) is 10.0. The number of aromatic amines is 1. The van der Waals surface area contributed by atoms with Crippen molar-refractivity contribution < 1.29 is 14.3 Å². The molecule has 2 rings (SSSR count). The van der Waals surface area contributed by atoms with Gasteiger partial charge in [0.1, 0.15) is 0 Å². The fraction of sp³-hybridized carbons (Fsp3) is 0.167. The highest BCUT2D eigenvalue weighted by Gasteiger charge is 2.13. The summed E-state index contributed by atoms with van der Waals surface area (Å²) in [7, 11) is 3.02. The molecule has 1 aromatic carbocycles. The van der Waals surface area contributed by atoms with E-state index in [9.17, 15) is 4.79 Å². The second-order valence-corrected chi connectivity index (χ2v) is 3.74. The molecule has 2 aromatic rings. The van der Waals surface area contributed by atoms with Crippen molar-refractivity contribution in [3.8, 4) is 11.5 Å². The average molecular weight is 262 g/mol. The molecule has 0 aliphatic carbocycles. The lowest BCUT2D eigenvalue weighted by Gasteiger charge is -2.12. The minimum Gasteiger partial charge on any atom is -0.493 e. The summed E-state index contributed by atoms with van der Waals surface area (Å²) in [5.41, 5.74) is 7.09. The molecule has 0 fully saturated rings. The summed E-state index contributed by atoms with van der Waals surface area (Å²) in [6.45, 7) is 0. The number of nitrogens with two attached hydrogens (primary N) is 1. The summed E-state index contributed by atoms with van der Waals surface area (Å²) in [5.74, 6) is 0.674. The molecule has 0 radical (unpaired) electrons. The lowest BCUT2D eigenvalue weighted by atomic mass is 10.2. The van der Waals surface area contributed by atoms with E-state index in [1.807, 2.05) is 0 Å². The highest BCUT2D eigenvalue weighted by Crippen LogP contribution is 2.34. The molecule has 19 heavy (non-hydrogen) atoms. The van der Waals surface area contributed by atoms with Crippen LogP contribution in [0.1, 0.15) is 10.4 Å². The number of methoxy groups -OCH3 is 2. The Morgan fingerprint density at radius 2 is 2.00 bits per heavy atom. The monoisotopic (exact) mass is 262 g/mol. The predicted molar refractivity (Wildman–Crippen MR) is 70.5 cm³/mol. The van der Waals surface area contributed by atoms with Gasteiger partial charge in [0.15, 0.2) is 11.5 Å². The molecule has 0 bridgehead atoms. The zero-order valence-electron chi connectivity index (χ0n) is 10.6. The third-order valence-corrected chi connectivity index (χ3v) is 2.56. The summed E-state index contributed by atoms with van der Waals surface area (Å²) in [5, 5.41) is 8.95. The molecule has 100 valence electrons.